The fraction of sp³-hybridized carbons (Fsp3) is 0.591. The van der Waals surface area contributed by atoms with E-state index in [1.165, 1.54) is 0 Å². The van der Waals surface area contributed by atoms with Crippen molar-refractivity contribution in [3.8, 4) is 5.75 Å². The molecule has 0 saturated carbocycles. The molecule has 32 heavy (non-hydrogen) atoms. The molecule has 0 unspecified atom stereocenters. The van der Waals surface area contributed by atoms with E-state index in [-0.39, 0.29) is 24.2 Å². The van der Waals surface area contributed by atoms with Crippen molar-refractivity contribution in [2.75, 3.05) is 44.6 Å². The van der Waals surface area contributed by atoms with Crippen LogP contribution in [-0.2, 0) is 16.0 Å². The van der Waals surface area contributed by atoms with Crippen molar-refractivity contribution in [1.29, 1.82) is 0 Å². The zero-order valence-corrected chi connectivity index (χ0v) is 18.1. The Morgan fingerprint density at radius 1 is 1.22 bits per heavy atom. The summed E-state index contributed by atoms with van der Waals surface area (Å²) in [4.78, 5) is 44.4. The topological polar surface area (TPSA) is 117 Å². The fourth-order valence-electron chi connectivity index (χ4n) is 4.45. The Bertz CT molecular complexity index is 912. The Hall–Kier alpha value is -3.17. The van der Waals surface area contributed by atoms with Crippen molar-refractivity contribution < 1.29 is 19.2 Å². The lowest BCUT2D eigenvalue weighted by Crippen LogP contribution is -2.45. The Morgan fingerprint density at radius 2 is 2.00 bits per heavy atom. The highest BCUT2D eigenvalue weighted by Gasteiger charge is 2.30. The number of carbonyl (C=O) groups is 2. The number of benzene rings is 1. The average Bonchev–Trinajstić information content (AvgIpc) is 3.42. The van der Waals surface area contributed by atoms with Crippen LogP contribution in [0.3, 0.4) is 0 Å². The first-order chi connectivity index (χ1) is 15.5. The molecule has 3 heterocycles. The predicted octanol–water partition coefficient (Wildman–Crippen LogP) is 1.71. The maximum Gasteiger partial charge on any atom is 0.260 e. The molecule has 3 aliphatic heterocycles. The van der Waals surface area contributed by atoms with Gasteiger partial charge in [0.15, 0.2) is 5.84 Å². The van der Waals surface area contributed by atoms with Gasteiger partial charge in [0, 0.05) is 36.7 Å². The smallest absolute Gasteiger partial charge is 0.260 e. The highest BCUT2D eigenvalue weighted by molar-refractivity contribution is 5.98. The summed E-state index contributed by atoms with van der Waals surface area (Å²) in [6.45, 7) is 2.15. The molecule has 4 rings (SSSR count). The maximum absolute atomic E-state index is 13.2. The van der Waals surface area contributed by atoms with Crippen LogP contribution in [0.2, 0.25) is 0 Å². The van der Waals surface area contributed by atoms with Crippen molar-refractivity contribution in [1.82, 2.24) is 9.80 Å². The molecule has 1 N–H and O–H groups in total. The number of fused-ring (bicyclic) bond motifs is 1. The molecule has 3 aliphatic rings. The molecule has 1 aromatic carbocycles. The third kappa shape index (κ3) is 5.35. The summed E-state index contributed by atoms with van der Waals surface area (Å²) in [5, 5.41) is 14.3. The number of hydrogen-bond acceptors (Lipinski definition) is 6. The first-order valence-electron chi connectivity index (χ1n) is 11.3. The summed E-state index contributed by atoms with van der Waals surface area (Å²) in [5.74, 6) is 0.685. The van der Waals surface area contributed by atoms with E-state index in [1.807, 2.05) is 12.1 Å². The lowest BCUT2D eigenvalue weighted by molar-refractivity contribution is -0.463. The van der Waals surface area contributed by atoms with E-state index in [1.54, 1.807) is 15.9 Å². The van der Waals surface area contributed by atoms with Crippen molar-refractivity contribution in [2.24, 2.45) is 4.99 Å². The predicted molar refractivity (Wildman–Crippen MR) is 119 cm³/mol. The van der Waals surface area contributed by atoms with Crippen LogP contribution in [0.5, 0.6) is 5.75 Å². The molecule has 0 aliphatic carbocycles. The van der Waals surface area contributed by atoms with Crippen LogP contribution >= 0.6 is 0 Å². The number of likely N-dealkylation sites (tertiary alicyclic amines) is 2. The first kappa shape index (κ1) is 22.0. The number of aliphatic imine (C=N–C) groups is 1. The molecular formula is C22H29N5O5. The van der Waals surface area contributed by atoms with E-state index in [4.69, 9.17) is 4.74 Å². The number of nitro groups is 1. The van der Waals surface area contributed by atoms with Gasteiger partial charge in [-0.1, -0.05) is 0 Å². The molecule has 0 spiro atoms. The second kappa shape index (κ2) is 9.97. The average molecular weight is 444 g/mol. The van der Waals surface area contributed by atoms with Crippen LogP contribution in [0.15, 0.2) is 23.2 Å². The van der Waals surface area contributed by atoms with E-state index in [0.29, 0.717) is 25.3 Å². The Balaban J connectivity index is 1.49. The SMILES string of the molecule is O=C(CN1CCCC[C@H](N=C(C[N+](=O)[O-])Nc2ccc3c(c2)CCO3)C1=O)N1CCCC1. The van der Waals surface area contributed by atoms with Crippen molar-refractivity contribution in [3.63, 3.8) is 0 Å². The van der Waals surface area contributed by atoms with Crippen molar-refractivity contribution >= 4 is 23.3 Å². The second-order valence-corrected chi connectivity index (χ2v) is 8.47. The van der Waals surface area contributed by atoms with E-state index >= 15 is 0 Å². The van der Waals surface area contributed by atoms with E-state index < -0.39 is 17.5 Å². The van der Waals surface area contributed by atoms with Crippen molar-refractivity contribution in [2.45, 2.75) is 44.6 Å². The van der Waals surface area contributed by atoms with Gasteiger partial charge < -0.3 is 19.9 Å². The van der Waals surface area contributed by atoms with Gasteiger partial charge in [-0.25, -0.2) is 0 Å². The fourth-order valence-corrected chi connectivity index (χ4v) is 4.45. The zero-order valence-electron chi connectivity index (χ0n) is 18.1. The number of nitrogens with zero attached hydrogens (tertiary/aromatic N) is 4. The number of anilines is 1. The minimum Gasteiger partial charge on any atom is -0.493 e. The summed E-state index contributed by atoms with van der Waals surface area (Å²) in [7, 11) is 0. The number of amides is 2. The Labute approximate surface area is 186 Å². The Kier molecular flexibility index (Phi) is 6.87. The molecule has 0 bridgehead atoms. The zero-order chi connectivity index (χ0) is 22.5. The van der Waals surface area contributed by atoms with Gasteiger partial charge in [-0.3, -0.25) is 24.7 Å². The lowest BCUT2D eigenvalue weighted by Gasteiger charge is -2.25. The molecule has 172 valence electrons. The van der Waals surface area contributed by atoms with Crippen LogP contribution in [0.4, 0.5) is 5.69 Å². The highest BCUT2D eigenvalue weighted by Crippen LogP contribution is 2.28. The van der Waals surface area contributed by atoms with Crippen LogP contribution < -0.4 is 10.1 Å². The third-order valence-electron chi connectivity index (χ3n) is 6.11. The molecule has 1 atom stereocenters. The quantitative estimate of drug-likeness (QED) is 0.310. The summed E-state index contributed by atoms with van der Waals surface area (Å²) in [6, 6.07) is 4.78. The number of amidine groups is 1. The number of rotatable bonds is 6. The maximum atomic E-state index is 13.2. The van der Waals surface area contributed by atoms with Gasteiger partial charge in [0.25, 0.3) is 6.54 Å². The second-order valence-electron chi connectivity index (χ2n) is 8.47. The molecule has 0 radical (unpaired) electrons. The minimum absolute atomic E-state index is 0.0375. The van der Waals surface area contributed by atoms with Crippen LogP contribution in [0.1, 0.15) is 37.7 Å². The number of hydrogen-bond donors (Lipinski definition) is 1. The van der Waals surface area contributed by atoms with Gasteiger partial charge in [0.2, 0.25) is 11.8 Å². The first-order valence-corrected chi connectivity index (χ1v) is 11.3. The van der Waals surface area contributed by atoms with Gasteiger partial charge in [-0.15, -0.1) is 0 Å². The highest BCUT2D eigenvalue weighted by atomic mass is 16.6. The van der Waals surface area contributed by atoms with E-state index in [0.717, 1.165) is 56.5 Å². The van der Waals surface area contributed by atoms with Gasteiger partial charge in [0.1, 0.15) is 11.8 Å². The molecule has 0 aromatic heterocycles. The van der Waals surface area contributed by atoms with Gasteiger partial charge in [0.05, 0.1) is 13.2 Å². The molecule has 2 amide bonds. The van der Waals surface area contributed by atoms with Crippen LogP contribution in [0, 0.1) is 10.1 Å². The Morgan fingerprint density at radius 3 is 2.78 bits per heavy atom. The molecule has 1 aromatic rings. The normalized spacial score (nSPS) is 21.2. The molecular weight excluding hydrogens is 414 g/mol. The van der Waals surface area contributed by atoms with E-state index in [9.17, 15) is 19.7 Å². The van der Waals surface area contributed by atoms with Crippen LogP contribution in [-0.4, -0.2) is 77.7 Å². The number of ether oxygens (including phenoxy) is 1. The van der Waals surface area contributed by atoms with Gasteiger partial charge in [-0.2, -0.15) is 0 Å². The lowest BCUT2D eigenvalue weighted by atomic mass is 10.1. The molecule has 10 nitrogen and oxygen atoms in total. The number of carbonyl (C=O) groups excluding carboxylic acids is 2. The molecule has 2 saturated heterocycles. The van der Waals surface area contributed by atoms with Crippen molar-refractivity contribution in [3.05, 3.63) is 33.9 Å². The summed E-state index contributed by atoms with van der Waals surface area (Å²) >= 11 is 0. The minimum atomic E-state index is -0.732. The molecule has 10 heteroatoms. The molecule has 2 fully saturated rings. The third-order valence-corrected chi connectivity index (χ3v) is 6.11. The van der Waals surface area contributed by atoms with Crippen LogP contribution in [0.25, 0.3) is 0 Å². The monoisotopic (exact) mass is 443 g/mol. The standard InChI is InChI=1S/C22H29N5O5/c28-21(25-9-3-4-10-25)15-26-11-2-1-5-18(22(26)29)24-20(14-27(30)31)23-17-6-7-19-16(13-17)8-12-32-19/h6-7,13,18H,1-5,8-12,14-15H2,(H,23,24)/t18-/m0/s1. The number of nitrogens with one attached hydrogen (secondary N) is 1. The summed E-state index contributed by atoms with van der Waals surface area (Å²) in [5.41, 5.74) is 1.71. The largest absolute Gasteiger partial charge is 0.493 e. The summed E-state index contributed by atoms with van der Waals surface area (Å²) < 4.78 is 5.51. The van der Waals surface area contributed by atoms with Gasteiger partial charge in [-0.05, 0) is 55.9 Å². The van der Waals surface area contributed by atoms with E-state index in [2.05, 4.69) is 10.3 Å². The van der Waals surface area contributed by atoms with Gasteiger partial charge >= 0.3 is 0 Å². The summed E-state index contributed by atoms with van der Waals surface area (Å²) in [6.07, 6.45) is 4.85.